The van der Waals surface area contributed by atoms with E-state index in [0.717, 1.165) is 42.1 Å². The SMILES string of the molecule is CCCCCCCOc1ccc(CCC(CC)(C(=O)O)C(=O)OCC)cc1.CCCCCCCOc1ccc(CCC(CC)(C(=O)OCC)C(=O)OCC)cc1. The van der Waals surface area contributed by atoms with Crippen LogP contribution >= 0.6 is 0 Å². The van der Waals surface area contributed by atoms with Crippen molar-refractivity contribution in [2.75, 3.05) is 33.0 Å². The lowest BCUT2D eigenvalue weighted by Gasteiger charge is -2.28. The molecule has 0 aromatic heterocycles. The van der Waals surface area contributed by atoms with E-state index in [1.165, 1.54) is 51.4 Å². The average Bonchev–Trinajstić information content (AvgIpc) is 3.20. The molecule has 2 aromatic carbocycles. The monoisotopic (exact) mass is 785 g/mol. The zero-order valence-corrected chi connectivity index (χ0v) is 35.6. The summed E-state index contributed by atoms with van der Waals surface area (Å²) in [4.78, 5) is 49.1. The zero-order chi connectivity index (χ0) is 41.7. The minimum atomic E-state index is -1.48. The van der Waals surface area contributed by atoms with Crippen molar-refractivity contribution in [2.45, 2.75) is 151 Å². The van der Waals surface area contributed by atoms with Gasteiger partial charge in [0.15, 0.2) is 10.8 Å². The van der Waals surface area contributed by atoms with Crippen molar-refractivity contribution >= 4 is 23.9 Å². The summed E-state index contributed by atoms with van der Waals surface area (Å²) in [6.07, 6.45) is 14.3. The summed E-state index contributed by atoms with van der Waals surface area (Å²) in [6.45, 7) is 15.2. The Kier molecular flexibility index (Phi) is 26.0. The standard InChI is InChI=1S/C24H38O5.C22H34O5/c1-5-9-10-11-12-19-29-21-15-13-20(14-16-21)17-18-24(6-2,22(25)27-7-3)23(26)28-8-4;1-4-7-8-9-10-17-27-19-13-11-18(12-14-19)15-16-22(5-2,20(23)24)21(25)26-6-3/h13-16H,5-12,17-19H2,1-4H3;11-14H,4-10,15-17H2,1-3H3,(H,23,24). The Balaban J connectivity index is 0.000000561. The molecule has 316 valence electrons. The molecule has 2 aromatic rings. The predicted octanol–water partition coefficient (Wildman–Crippen LogP) is 10.5. The topological polar surface area (TPSA) is 135 Å². The second kappa shape index (κ2) is 29.2. The van der Waals surface area contributed by atoms with E-state index in [9.17, 15) is 24.3 Å². The predicted molar refractivity (Wildman–Crippen MR) is 221 cm³/mol. The van der Waals surface area contributed by atoms with E-state index in [1.807, 2.05) is 55.5 Å². The molecule has 0 radical (unpaired) electrons. The number of carboxylic acid groups (broad SMARTS) is 1. The van der Waals surface area contributed by atoms with Gasteiger partial charge in [0.05, 0.1) is 33.0 Å². The van der Waals surface area contributed by atoms with Gasteiger partial charge in [0, 0.05) is 0 Å². The fourth-order valence-electron chi connectivity index (χ4n) is 6.34. The van der Waals surface area contributed by atoms with Crippen molar-refractivity contribution < 1.29 is 48.0 Å². The molecule has 10 heteroatoms. The number of rotatable bonds is 29. The van der Waals surface area contributed by atoms with Gasteiger partial charge in [-0.15, -0.1) is 0 Å². The number of carboxylic acids is 1. The number of aliphatic carboxylic acids is 1. The van der Waals surface area contributed by atoms with Crippen molar-refractivity contribution in [2.24, 2.45) is 10.8 Å². The highest BCUT2D eigenvalue weighted by Crippen LogP contribution is 2.33. The number of carbonyl (C=O) groups excluding carboxylic acids is 3. The Morgan fingerprint density at radius 3 is 1.14 bits per heavy atom. The van der Waals surface area contributed by atoms with Gasteiger partial charge in [-0.1, -0.05) is 103 Å². The largest absolute Gasteiger partial charge is 0.494 e. The third-order valence-electron chi connectivity index (χ3n) is 10.2. The molecule has 56 heavy (non-hydrogen) atoms. The first-order valence-corrected chi connectivity index (χ1v) is 21.2. The first kappa shape index (κ1) is 49.9. The first-order valence-electron chi connectivity index (χ1n) is 21.2. The molecule has 0 aliphatic heterocycles. The lowest BCUT2D eigenvalue weighted by atomic mass is 9.79. The minimum absolute atomic E-state index is 0.179. The van der Waals surface area contributed by atoms with Gasteiger partial charge < -0.3 is 28.8 Å². The fraction of sp³-hybridized carbons (Fsp3) is 0.652. The van der Waals surface area contributed by atoms with E-state index in [1.54, 1.807) is 27.7 Å². The molecular formula is C46H72O10. The molecule has 0 bridgehead atoms. The molecule has 0 saturated carbocycles. The Morgan fingerprint density at radius 2 is 0.821 bits per heavy atom. The van der Waals surface area contributed by atoms with Crippen molar-refractivity contribution in [1.29, 1.82) is 0 Å². The van der Waals surface area contributed by atoms with Gasteiger partial charge in [-0.05, 0) is 108 Å². The summed E-state index contributed by atoms with van der Waals surface area (Å²) in [5.74, 6) is -1.09. The molecule has 2 rings (SSSR count). The molecule has 0 spiro atoms. The third-order valence-corrected chi connectivity index (χ3v) is 10.2. The average molecular weight is 785 g/mol. The second-order valence-electron chi connectivity index (χ2n) is 14.2. The fourth-order valence-corrected chi connectivity index (χ4v) is 6.34. The van der Waals surface area contributed by atoms with E-state index in [0.29, 0.717) is 32.3 Å². The molecule has 1 unspecified atom stereocenters. The van der Waals surface area contributed by atoms with Gasteiger partial charge in [-0.3, -0.25) is 19.2 Å². The van der Waals surface area contributed by atoms with Crippen LogP contribution in [0.3, 0.4) is 0 Å². The molecule has 0 fully saturated rings. The van der Waals surface area contributed by atoms with Crippen molar-refractivity contribution in [3.63, 3.8) is 0 Å². The molecule has 0 heterocycles. The van der Waals surface area contributed by atoms with Crippen LogP contribution in [0.4, 0.5) is 0 Å². The molecule has 1 atom stereocenters. The van der Waals surface area contributed by atoms with Gasteiger partial charge >= 0.3 is 23.9 Å². The van der Waals surface area contributed by atoms with Crippen LogP contribution in [0.15, 0.2) is 48.5 Å². The van der Waals surface area contributed by atoms with Crippen LogP contribution in [0.5, 0.6) is 11.5 Å². The lowest BCUT2D eigenvalue weighted by molar-refractivity contribution is -0.173. The summed E-state index contributed by atoms with van der Waals surface area (Å²) in [5.41, 5.74) is -0.705. The van der Waals surface area contributed by atoms with Gasteiger partial charge in [0.1, 0.15) is 11.5 Å². The Morgan fingerprint density at radius 1 is 0.482 bits per heavy atom. The first-order chi connectivity index (χ1) is 27.0. The highest BCUT2D eigenvalue weighted by Gasteiger charge is 2.47. The van der Waals surface area contributed by atoms with E-state index in [4.69, 9.17) is 23.7 Å². The summed E-state index contributed by atoms with van der Waals surface area (Å²) >= 11 is 0. The van der Waals surface area contributed by atoms with Gasteiger partial charge in [-0.2, -0.15) is 0 Å². The lowest BCUT2D eigenvalue weighted by Crippen LogP contribution is -2.42. The number of benzene rings is 2. The Labute approximate surface area is 337 Å². The second-order valence-corrected chi connectivity index (χ2v) is 14.2. The third kappa shape index (κ3) is 17.4. The van der Waals surface area contributed by atoms with Crippen molar-refractivity contribution in [3.8, 4) is 11.5 Å². The molecular weight excluding hydrogens is 712 g/mol. The van der Waals surface area contributed by atoms with Crippen LogP contribution in [-0.4, -0.2) is 62.0 Å². The van der Waals surface area contributed by atoms with Crippen LogP contribution in [-0.2, 0) is 46.2 Å². The number of carbonyl (C=O) groups is 4. The number of ether oxygens (including phenoxy) is 5. The molecule has 10 nitrogen and oxygen atoms in total. The highest BCUT2D eigenvalue weighted by atomic mass is 16.6. The van der Waals surface area contributed by atoms with Gasteiger partial charge in [0.25, 0.3) is 0 Å². The number of unbranched alkanes of at least 4 members (excludes halogenated alkanes) is 8. The van der Waals surface area contributed by atoms with Crippen LogP contribution < -0.4 is 9.47 Å². The summed E-state index contributed by atoms with van der Waals surface area (Å²) < 4.78 is 26.9. The van der Waals surface area contributed by atoms with Gasteiger partial charge in [0.2, 0.25) is 0 Å². The molecule has 0 saturated heterocycles. The van der Waals surface area contributed by atoms with Crippen LogP contribution in [0, 0.1) is 10.8 Å². The summed E-state index contributed by atoms with van der Waals surface area (Å²) in [5, 5.41) is 9.60. The van der Waals surface area contributed by atoms with E-state index in [2.05, 4.69) is 13.8 Å². The molecule has 0 aliphatic rings. The van der Waals surface area contributed by atoms with Crippen molar-refractivity contribution in [3.05, 3.63) is 59.7 Å². The maximum Gasteiger partial charge on any atom is 0.323 e. The normalized spacial score (nSPS) is 12.1. The van der Waals surface area contributed by atoms with Crippen molar-refractivity contribution in [1.82, 2.24) is 0 Å². The highest BCUT2D eigenvalue weighted by molar-refractivity contribution is 6.00. The van der Waals surface area contributed by atoms with Gasteiger partial charge in [-0.25, -0.2) is 0 Å². The zero-order valence-electron chi connectivity index (χ0n) is 35.6. The van der Waals surface area contributed by atoms with Crippen LogP contribution in [0.1, 0.15) is 149 Å². The molecule has 1 N–H and O–H groups in total. The molecule has 0 amide bonds. The Hall–Kier alpha value is -4.08. The quantitative estimate of drug-likeness (QED) is 0.0367. The van der Waals surface area contributed by atoms with Crippen LogP contribution in [0.2, 0.25) is 0 Å². The van der Waals surface area contributed by atoms with E-state index in [-0.39, 0.29) is 32.7 Å². The maximum atomic E-state index is 12.6. The number of esters is 3. The van der Waals surface area contributed by atoms with E-state index >= 15 is 0 Å². The smallest absolute Gasteiger partial charge is 0.323 e. The maximum absolute atomic E-state index is 12.6. The number of hydrogen-bond acceptors (Lipinski definition) is 9. The summed E-state index contributed by atoms with van der Waals surface area (Å²) in [6, 6.07) is 15.5. The number of aryl methyl sites for hydroxylation is 2. The summed E-state index contributed by atoms with van der Waals surface area (Å²) in [7, 11) is 0. The number of hydrogen-bond donors (Lipinski definition) is 1. The van der Waals surface area contributed by atoms with Crippen LogP contribution in [0.25, 0.3) is 0 Å². The Bertz CT molecular complexity index is 1350. The minimum Gasteiger partial charge on any atom is -0.494 e. The van der Waals surface area contributed by atoms with E-state index < -0.39 is 34.7 Å². The molecule has 0 aliphatic carbocycles.